The molecule has 1 aromatic carbocycles. The normalized spacial score (nSPS) is 10.8. The fourth-order valence-corrected chi connectivity index (χ4v) is 1.49. The van der Waals surface area contributed by atoms with E-state index in [0.29, 0.717) is 16.9 Å². The fourth-order valence-electron chi connectivity index (χ4n) is 1.49. The molecule has 0 saturated heterocycles. The van der Waals surface area contributed by atoms with Crippen molar-refractivity contribution in [1.29, 1.82) is 0 Å². The summed E-state index contributed by atoms with van der Waals surface area (Å²) in [7, 11) is 0. The molecule has 2 heterocycles. The molecular weight excluding hydrogens is 204 g/mol. The molecule has 16 heavy (non-hydrogen) atoms. The third-order valence-electron chi connectivity index (χ3n) is 2.27. The Morgan fingerprint density at radius 1 is 1.00 bits per heavy atom. The van der Waals surface area contributed by atoms with Gasteiger partial charge in [0.15, 0.2) is 5.82 Å². The smallest absolute Gasteiger partial charge is 0.211 e. The van der Waals surface area contributed by atoms with Gasteiger partial charge in [-0.05, 0) is 12.1 Å². The lowest BCUT2D eigenvalue weighted by Crippen LogP contribution is -2.07. The summed E-state index contributed by atoms with van der Waals surface area (Å²) >= 11 is 0. The minimum atomic E-state index is -0.217. The molecule has 76 valence electrons. The number of rotatable bonds is 0. The second kappa shape index (κ2) is 3.30. The molecule has 0 aliphatic carbocycles. The van der Waals surface area contributed by atoms with Gasteiger partial charge in [-0.15, -0.1) is 5.10 Å². The molecule has 5 heteroatoms. The zero-order chi connectivity index (χ0) is 11.0. The van der Waals surface area contributed by atoms with E-state index in [-0.39, 0.29) is 5.43 Å². The molecule has 0 bridgehead atoms. The third-order valence-corrected chi connectivity index (χ3v) is 2.27. The molecule has 0 fully saturated rings. The van der Waals surface area contributed by atoms with Gasteiger partial charge in [-0.3, -0.25) is 9.78 Å². The third kappa shape index (κ3) is 1.30. The number of fused-ring (bicyclic) bond motifs is 2. The van der Waals surface area contributed by atoms with Crippen LogP contribution in [-0.4, -0.2) is 20.2 Å². The van der Waals surface area contributed by atoms with Gasteiger partial charge in [0, 0.05) is 6.20 Å². The maximum atomic E-state index is 11.5. The minimum Gasteiger partial charge on any atom is -0.287 e. The van der Waals surface area contributed by atoms with Crippen molar-refractivity contribution in [3.05, 3.63) is 46.9 Å². The average molecular weight is 210 g/mol. The topological polar surface area (TPSA) is 68.6 Å². The quantitative estimate of drug-likeness (QED) is 0.551. The Morgan fingerprint density at radius 2 is 1.81 bits per heavy atom. The summed E-state index contributed by atoms with van der Waals surface area (Å²) in [5, 5.41) is 7.43. The monoisotopic (exact) mass is 210 g/mol. The van der Waals surface area contributed by atoms with E-state index in [9.17, 15) is 4.79 Å². The Bertz CT molecular complexity index is 698. The molecule has 0 unspecified atom stereocenters. The molecule has 0 aromatic heterocycles. The van der Waals surface area contributed by atoms with E-state index in [1.165, 1.54) is 6.20 Å². The molecule has 0 saturated carbocycles. The first-order chi connectivity index (χ1) is 7.84. The van der Waals surface area contributed by atoms with Gasteiger partial charge in [0.1, 0.15) is 0 Å². The second-order valence-corrected chi connectivity index (χ2v) is 3.30. The summed E-state index contributed by atoms with van der Waals surface area (Å²) in [5.74, 6) is 0.321. The largest absolute Gasteiger partial charge is 0.287 e. The van der Waals surface area contributed by atoms with Crippen LogP contribution in [0.25, 0.3) is 22.4 Å². The van der Waals surface area contributed by atoms with E-state index in [2.05, 4.69) is 20.2 Å². The predicted octanol–water partition coefficient (Wildman–Crippen LogP) is 0.885. The van der Waals surface area contributed by atoms with Crippen LogP contribution < -0.4 is 5.43 Å². The highest BCUT2D eigenvalue weighted by molar-refractivity contribution is 5.75. The fraction of sp³-hybridized carbons (Fsp3) is 0. The van der Waals surface area contributed by atoms with Crippen molar-refractivity contribution in [2.75, 3.05) is 0 Å². The highest BCUT2D eigenvalue weighted by atomic mass is 16.1. The summed E-state index contributed by atoms with van der Waals surface area (Å²) in [6.07, 6.45) is 2.65. The van der Waals surface area contributed by atoms with Crippen LogP contribution in [0.5, 0.6) is 0 Å². The summed E-state index contributed by atoms with van der Waals surface area (Å²) < 4.78 is 0. The predicted molar refractivity (Wildman–Crippen MR) is 58.0 cm³/mol. The van der Waals surface area contributed by atoms with E-state index in [1.807, 2.05) is 24.3 Å². The van der Waals surface area contributed by atoms with E-state index >= 15 is 0 Å². The van der Waals surface area contributed by atoms with Crippen molar-refractivity contribution in [3.63, 3.8) is 0 Å². The lowest BCUT2D eigenvalue weighted by Gasteiger charge is -1.92. The van der Waals surface area contributed by atoms with Gasteiger partial charge in [0.05, 0.1) is 22.8 Å². The molecular formula is C11H6N4O. The lowest BCUT2D eigenvalue weighted by molar-refractivity contribution is 0.995. The van der Waals surface area contributed by atoms with Gasteiger partial charge in [-0.25, -0.2) is 4.98 Å². The average Bonchev–Trinajstić information content (AvgIpc) is 2.48. The Balaban J connectivity index is 2.52. The van der Waals surface area contributed by atoms with Crippen molar-refractivity contribution in [2.24, 2.45) is 0 Å². The van der Waals surface area contributed by atoms with Crippen LogP contribution in [0.15, 0.2) is 41.5 Å². The first-order valence-electron chi connectivity index (χ1n) is 4.72. The first-order valence-corrected chi connectivity index (χ1v) is 4.72. The molecule has 0 radical (unpaired) electrons. The van der Waals surface area contributed by atoms with Crippen LogP contribution in [-0.2, 0) is 0 Å². The molecule has 3 rings (SSSR count). The van der Waals surface area contributed by atoms with Crippen molar-refractivity contribution in [1.82, 2.24) is 20.2 Å². The van der Waals surface area contributed by atoms with Crippen LogP contribution in [0.1, 0.15) is 0 Å². The maximum absolute atomic E-state index is 11.5. The maximum Gasteiger partial charge on any atom is 0.211 e. The molecule has 5 nitrogen and oxygen atoms in total. The number of benzene rings is 1. The van der Waals surface area contributed by atoms with Crippen LogP contribution in [0.3, 0.4) is 0 Å². The zero-order valence-electron chi connectivity index (χ0n) is 8.16. The molecule has 0 atom stereocenters. The van der Waals surface area contributed by atoms with Gasteiger partial charge in [-0.1, -0.05) is 12.1 Å². The molecule has 0 spiro atoms. The molecule has 0 N–H and O–H groups in total. The van der Waals surface area contributed by atoms with Gasteiger partial charge in [0.2, 0.25) is 5.43 Å². The molecule has 2 aliphatic heterocycles. The van der Waals surface area contributed by atoms with E-state index in [4.69, 9.17) is 0 Å². The molecule has 1 aromatic rings. The standard InChI is InChI=1S/C11H6N4O/c16-10-6-13-15-11-7(10)5-12-8-3-1-2-4-9(8)14-11/h1-6H. The molecule has 2 aliphatic rings. The van der Waals surface area contributed by atoms with Crippen molar-refractivity contribution in [2.45, 2.75) is 0 Å². The van der Waals surface area contributed by atoms with Gasteiger partial charge < -0.3 is 0 Å². The number of para-hydroxylation sites is 2. The SMILES string of the molecule is O=c1cnnc2nc3ccccc3ncc1-2. The van der Waals surface area contributed by atoms with Crippen LogP contribution in [0.2, 0.25) is 0 Å². The number of hydrogen-bond acceptors (Lipinski definition) is 5. The van der Waals surface area contributed by atoms with Crippen LogP contribution in [0.4, 0.5) is 0 Å². The van der Waals surface area contributed by atoms with E-state index in [1.54, 1.807) is 0 Å². The lowest BCUT2D eigenvalue weighted by atomic mass is 10.3. The summed E-state index contributed by atoms with van der Waals surface area (Å²) in [6.45, 7) is 0. The Labute approximate surface area is 90.2 Å². The number of hydrogen-bond donors (Lipinski definition) is 0. The Hall–Kier alpha value is -2.43. The summed E-state index contributed by atoms with van der Waals surface area (Å²) in [4.78, 5) is 20.0. The van der Waals surface area contributed by atoms with Gasteiger partial charge in [0.25, 0.3) is 0 Å². The minimum absolute atomic E-state index is 0.217. The zero-order valence-corrected chi connectivity index (χ0v) is 8.16. The number of aromatic nitrogens is 4. The Kier molecular flexibility index (Phi) is 1.83. The van der Waals surface area contributed by atoms with Crippen LogP contribution in [0, 0.1) is 0 Å². The summed E-state index contributed by atoms with van der Waals surface area (Å²) in [6, 6.07) is 7.38. The number of nitrogens with zero attached hydrogens (tertiary/aromatic N) is 4. The van der Waals surface area contributed by atoms with Crippen molar-refractivity contribution in [3.8, 4) is 11.4 Å². The van der Waals surface area contributed by atoms with Gasteiger partial charge in [-0.2, -0.15) is 5.10 Å². The van der Waals surface area contributed by atoms with E-state index < -0.39 is 0 Å². The van der Waals surface area contributed by atoms with Gasteiger partial charge >= 0.3 is 0 Å². The van der Waals surface area contributed by atoms with E-state index in [0.717, 1.165) is 11.7 Å². The van der Waals surface area contributed by atoms with Crippen molar-refractivity contribution >= 4 is 11.0 Å². The second-order valence-electron chi connectivity index (χ2n) is 3.30. The highest BCUT2D eigenvalue weighted by Gasteiger charge is 2.08. The van der Waals surface area contributed by atoms with Crippen LogP contribution >= 0.6 is 0 Å². The molecule has 0 amide bonds. The highest BCUT2D eigenvalue weighted by Crippen LogP contribution is 2.12. The van der Waals surface area contributed by atoms with Crippen molar-refractivity contribution < 1.29 is 0 Å². The first kappa shape index (κ1) is 8.84. The Morgan fingerprint density at radius 3 is 2.69 bits per heavy atom. The summed E-state index contributed by atoms with van der Waals surface area (Å²) in [5.41, 5.74) is 1.58.